The summed E-state index contributed by atoms with van der Waals surface area (Å²) in [6.45, 7) is 0. The number of nitrogens with one attached hydrogen (secondary N) is 1. The molecule has 5 N–H and O–H groups in total. The Kier molecular flexibility index (Phi) is 3.67. The Morgan fingerprint density at radius 1 is 1.27 bits per heavy atom. The van der Waals surface area contributed by atoms with Gasteiger partial charge in [0.25, 0.3) is 11.8 Å². The maximum Gasteiger partial charge on any atom is 0.269 e. The maximum absolute atomic E-state index is 11.0. The minimum absolute atomic E-state index is 0. The van der Waals surface area contributed by atoms with Gasteiger partial charge >= 0.3 is 0 Å². The molecule has 0 bridgehead atoms. The van der Waals surface area contributed by atoms with Gasteiger partial charge in [-0.2, -0.15) is 10.5 Å². The Morgan fingerprint density at radius 2 is 1.87 bits per heavy atom. The quantitative estimate of drug-likeness (QED) is 0.336. The lowest BCUT2D eigenvalue weighted by molar-refractivity contribution is -0.123. The van der Waals surface area contributed by atoms with Crippen molar-refractivity contribution in [3.63, 3.8) is 0 Å². The van der Waals surface area contributed by atoms with E-state index in [2.05, 4.69) is 0 Å². The lowest BCUT2D eigenvalue weighted by Crippen LogP contribution is -2.23. The van der Waals surface area contributed by atoms with Crippen molar-refractivity contribution in [3.8, 4) is 12.1 Å². The summed E-state index contributed by atoms with van der Waals surface area (Å²) in [7, 11) is 0. The van der Waals surface area contributed by atoms with Crippen LogP contribution in [0.15, 0.2) is 16.7 Å². The summed E-state index contributed by atoms with van der Waals surface area (Å²) in [5.74, 6) is -0.321. The number of nitrogens with zero attached hydrogens (tertiary/aromatic N) is 3. The van der Waals surface area contributed by atoms with Gasteiger partial charge in [-0.3, -0.25) is 14.9 Å². The molecule has 74 valence electrons. The van der Waals surface area contributed by atoms with Gasteiger partial charge in [-0.15, -0.1) is 0 Å². The SMILES string of the molecule is N#CC(=C=[N-])C1=C(C#N)C(=O)NC1=O.[NH4+]. The smallest absolute Gasteiger partial charge is 0.269 e. The number of amides is 2. The van der Waals surface area contributed by atoms with E-state index in [1.54, 1.807) is 0 Å². The molecule has 1 aliphatic heterocycles. The summed E-state index contributed by atoms with van der Waals surface area (Å²) < 4.78 is 0. The number of carbonyl (C=O) groups excluding carboxylic acids is 2. The van der Waals surface area contributed by atoms with E-state index >= 15 is 0 Å². The van der Waals surface area contributed by atoms with E-state index < -0.39 is 28.5 Å². The Labute approximate surface area is 84.4 Å². The Hall–Kier alpha value is -2.73. The van der Waals surface area contributed by atoms with Crippen LogP contribution in [-0.2, 0) is 9.59 Å². The zero-order valence-electron chi connectivity index (χ0n) is 7.66. The summed E-state index contributed by atoms with van der Waals surface area (Å²) in [6, 6.07) is 2.91. The number of quaternary nitrogens is 1. The molecule has 0 aromatic rings. The first kappa shape index (κ1) is 12.3. The average Bonchev–Trinajstić information content (AvgIpc) is 2.44. The van der Waals surface area contributed by atoms with Gasteiger partial charge in [-0.05, 0) is 0 Å². The molecule has 0 saturated heterocycles. The second-order valence-electron chi connectivity index (χ2n) is 2.24. The normalized spacial score (nSPS) is 13.2. The molecule has 2 amide bonds. The minimum atomic E-state index is -0.885. The molecule has 1 rings (SSSR count). The first-order valence-electron chi connectivity index (χ1n) is 3.33. The third-order valence-electron chi connectivity index (χ3n) is 1.52. The van der Waals surface area contributed by atoms with Gasteiger partial charge in [-0.1, -0.05) is 0 Å². The lowest BCUT2D eigenvalue weighted by Gasteiger charge is -1.94. The van der Waals surface area contributed by atoms with Crippen LogP contribution in [0.1, 0.15) is 0 Å². The van der Waals surface area contributed by atoms with Gasteiger partial charge < -0.3 is 11.6 Å². The van der Waals surface area contributed by atoms with Crippen LogP contribution in [0.2, 0.25) is 0 Å². The van der Waals surface area contributed by atoms with Crippen molar-refractivity contribution in [3.05, 3.63) is 22.1 Å². The highest BCUT2D eigenvalue weighted by Crippen LogP contribution is 2.17. The molecule has 0 aromatic carbocycles. The molecule has 0 radical (unpaired) electrons. The number of hydrogen-bond acceptors (Lipinski definition) is 4. The summed E-state index contributed by atoms with van der Waals surface area (Å²) in [4.78, 5) is 22.0. The van der Waals surface area contributed by atoms with Crippen LogP contribution in [-0.4, -0.2) is 17.7 Å². The van der Waals surface area contributed by atoms with E-state index in [9.17, 15) is 9.59 Å². The molecule has 7 heteroatoms. The number of nitriles is 2. The van der Waals surface area contributed by atoms with Gasteiger partial charge in [0.1, 0.15) is 17.7 Å². The second kappa shape index (κ2) is 4.49. The van der Waals surface area contributed by atoms with Crippen molar-refractivity contribution in [1.82, 2.24) is 11.5 Å². The highest BCUT2D eigenvalue weighted by atomic mass is 16.2. The summed E-state index contributed by atoms with van der Waals surface area (Å²) in [5, 5.41) is 27.2. The molecule has 0 aromatic heterocycles. The van der Waals surface area contributed by atoms with Gasteiger partial charge in [0, 0.05) is 0 Å². The predicted molar refractivity (Wildman–Crippen MR) is 49.3 cm³/mol. The monoisotopic (exact) mass is 203 g/mol. The van der Waals surface area contributed by atoms with E-state index in [1.165, 1.54) is 18.0 Å². The van der Waals surface area contributed by atoms with Crippen LogP contribution in [0.5, 0.6) is 0 Å². The third kappa shape index (κ3) is 1.79. The first-order valence-corrected chi connectivity index (χ1v) is 3.33. The minimum Gasteiger partial charge on any atom is -0.762 e. The molecule has 15 heavy (non-hydrogen) atoms. The summed E-state index contributed by atoms with van der Waals surface area (Å²) in [5.41, 5.74) is -1.47. The number of rotatable bonds is 1. The molecule has 0 aliphatic carbocycles. The fourth-order valence-electron chi connectivity index (χ4n) is 0.937. The van der Waals surface area contributed by atoms with Gasteiger partial charge in [0.2, 0.25) is 0 Å². The van der Waals surface area contributed by atoms with Crippen LogP contribution < -0.4 is 11.5 Å². The van der Waals surface area contributed by atoms with Crippen LogP contribution in [0.25, 0.3) is 5.41 Å². The molecule has 1 aliphatic rings. The first-order chi connectivity index (χ1) is 6.65. The Morgan fingerprint density at radius 3 is 2.27 bits per heavy atom. The fraction of sp³-hybridized carbons (Fsp3) is 0. The molecule has 7 nitrogen and oxygen atoms in total. The van der Waals surface area contributed by atoms with Crippen LogP contribution in [0, 0.1) is 22.7 Å². The summed E-state index contributed by atoms with van der Waals surface area (Å²) in [6.07, 6.45) is 0. The highest BCUT2D eigenvalue weighted by Gasteiger charge is 2.32. The lowest BCUT2D eigenvalue weighted by atomic mass is 10.1. The van der Waals surface area contributed by atoms with Crippen molar-refractivity contribution in [1.29, 1.82) is 10.5 Å². The molecule has 0 unspecified atom stereocenters. The van der Waals surface area contributed by atoms with E-state index in [0.29, 0.717) is 0 Å². The zero-order valence-corrected chi connectivity index (χ0v) is 7.66. The largest absolute Gasteiger partial charge is 0.762 e. The molecule has 0 fully saturated rings. The van der Waals surface area contributed by atoms with Crippen LogP contribution in [0.3, 0.4) is 0 Å². The van der Waals surface area contributed by atoms with Crippen molar-refractivity contribution >= 4 is 17.7 Å². The van der Waals surface area contributed by atoms with Gasteiger partial charge in [0.15, 0.2) is 0 Å². The topological polar surface area (TPSA) is 153 Å². The van der Waals surface area contributed by atoms with E-state index in [1.807, 2.05) is 5.32 Å². The van der Waals surface area contributed by atoms with Gasteiger partial charge in [0.05, 0.1) is 11.1 Å². The summed E-state index contributed by atoms with van der Waals surface area (Å²) >= 11 is 0. The molecule has 0 spiro atoms. The zero-order chi connectivity index (χ0) is 10.7. The standard InChI is InChI=1S/C8HN4O2.H3N/c9-1-4(2-10)6-5(3-11)7(13)12-8(6)14;/h(H,12,13,14);1H3/q-1;/p+1. The van der Waals surface area contributed by atoms with E-state index in [4.69, 9.17) is 15.9 Å². The van der Waals surface area contributed by atoms with E-state index in [-0.39, 0.29) is 6.15 Å². The number of carbonyl (C=O) groups is 2. The van der Waals surface area contributed by atoms with Crippen molar-refractivity contribution < 1.29 is 9.59 Å². The van der Waals surface area contributed by atoms with Crippen molar-refractivity contribution in [2.45, 2.75) is 0 Å². The third-order valence-corrected chi connectivity index (χ3v) is 1.52. The van der Waals surface area contributed by atoms with E-state index in [0.717, 1.165) is 0 Å². The predicted octanol–water partition coefficient (Wildman–Crippen LogP) is -0.472. The Balaban J connectivity index is 0.00000196. The van der Waals surface area contributed by atoms with Gasteiger partial charge in [-0.25, -0.2) is 5.87 Å². The van der Waals surface area contributed by atoms with Crippen molar-refractivity contribution in [2.75, 3.05) is 0 Å². The molecule has 0 saturated carbocycles. The molecular weight excluding hydrogens is 198 g/mol. The fourth-order valence-corrected chi connectivity index (χ4v) is 0.937. The molecule has 1 heterocycles. The highest BCUT2D eigenvalue weighted by molar-refractivity contribution is 6.24. The number of hydrogen-bond donors (Lipinski definition) is 2. The maximum atomic E-state index is 11.0. The van der Waals surface area contributed by atoms with Crippen LogP contribution >= 0.6 is 0 Å². The average molecular weight is 203 g/mol. The second-order valence-corrected chi connectivity index (χ2v) is 2.24. The Bertz CT molecular complexity index is 496. The van der Waals surface area contributed by atoms with Crippen molar-refractivity contribution in [2.24, 2.45) is 0 Å². The van der Waals surface area contributed by atoms with Crippen LogP contribution in [0.4, 0.5) is 0 Å². The number of imide groups is 1. The molecule has 0 atom stereocenters. The molecular formula is C8H5N5O2.